The maximum absolute atomic E-state index is 13.5. The molecule has 0 saturated carbocycles. The molecule has 0 fully saturated rings. The number of carboxylic acid groups (broad SMARTS) is 1. The smallest absolute Gasteiger partial charge is 0.335 e. The Morgan fingerprint density at radius 2 is 1.96 bits per heavy atom. The molecule has 0 bridgehead atoms. The van der Waals surface area contributed by atoms with Crippen molar-refractivity contribution >= 4 is 29.2 Å². The number of carbonyl (C=O) groups is 2. The lowest BCUT2D eigenvalue weighted by atomic mass is 10.1. The number of carbonyl (C=O) groups excluding carboxylic acids is 1. The van der Waals surface area contributed by atoms with Crippen LogP contribution in [0.4, 0.5) is 10.1 Å². The van der Waals surface area contributed by atoms with E-state index >= 15 is 0 Å². The van der Waals surface area contributed by atoms with E-state index in [0.717, 1.165) is 0 Å². The van der Waals surface area contributed by atoms with E-state index in [1.54, 1.807) is 24.3 Å². The normalized spacial score (nSPS) is 14.3. The van der Waals surface area contributed by atoms with Crippen LogP contribution in [-0.4, -0.2) is 17.0 Å². The number of rotatable bonds is 3. The minimum atomic E-state index is -1.03. The predicted molar refractivity (Wildman–Crippen MR) is 94.0 cm³/mol. The van der Waals surface area contributed by atoms with E-state index in [-0.39, 0.29) is 11.5 Å². The summed E-state index contributed by atoms with van der Waals surface area (Å²) in [5, 5.41) is 11.8. The topological polar surface area (TPSA) is 79.5 Å². The van der Waals surface area contributed by atoms with Gasteiger partial charge >= 0.3 is 5.97 Å². The van der Waals surface area contributed by atoms with E-state index in [9.17, 15) is 14.0 Å². The van der Waals surface area contributed by atoms with Gasteiger partial charge in [0.15, 0.2) is 0 Å². The molecule has 0 unspecified atom stereocenters. The number of aromatic carboxylic acids is 1. The number of nitrogens with one attached hydrogen (secondary N) is 1. The lowest BCUT2D eigenvalue weighted by molar-refractivity contribution is -0.110. The van der Waals surface area contributed by atoms with Gasteiger partial charge in [0.25, 0.3) is 5.91 Å². The minimum absolute atomic E-state index is 0.151. The van der Waals surface area contributed by atoms with Crippen LogP contribution in [0.2, 0.25) is 0 Å². The monoisotopic (exact) mass is 349 g/mol. The highest BCUT2D eigenvalue weighted by molar-refractivity contribution is 6.34. The molecule has 0 spiro atoms. The van der Waals surface area contributed by atoms with Crippen molar-refractivity contribution < 1.29 is 23.5 Å². The molecule has 1 aliphatic rings. The number of carboxylic acids is 1. The van der Waals surface area contributed by atoms with Gasteiger partial charge in [0, 0.05) is 16.8 Å². The Morgan fingerprint density at radius 3 is 2.77 bits per heavy atom. The molecule has 1 amide bonds. The zero-order valence-corrected chi connectivity index (χ0v) is 13.3. The summed E-state index contributed by atoms with van der Waals surface area (Å²) < 4.78 is 19.2. The highest BCUT2D eigenvalue weighted by atomic mass is 19.1. The molecular formula is C20H12FNO4. The number of furan rings is 1. The first-order valence-corrected chi connectivity index (χ1v) is 7.78. The summed E-state index contributed by atoms with van der Waals surface area (Å²) in [6.45, 7) is 0. The number of halogens is 1. The standard InChI is InChI=1S/C20H12FNO4/c21-13-4-6-17-15(9-13)16(19(23)22-17)10-14-5-7-18(26-14)11-2-1-3-12(8-11)20(24)25/h1-10H,(H,22,23)(H,24,25)/b16-10+. The average Bonchev–Trinajstić information content (AvgIpc) is 3.21. The molecule has 0 atom stereocenters. The van der Waals surface area contributed by atoms with Crippen molar-refractivity contribution in [3.05, 3.63) is 77.3 Å². The van der Waals surface area contributed by atoms with E-state index in [4.69, 9.17) is 9.52 Å². The van der Waals surface area contributed by atoms with Crippen LogP contribution in [0.3, 0.4) is 0 Å². The molecule has 2 aromatic carbocycles. The zero-order chi connectivity index (χ0) is 18.3. The molecule has 1 aliphatic heterocycles. The maximum Gasteiger partial charge on any atom is 0.335 e. The van der Waals surface area contributed by atoms with Crippen molar-refractivity contribution in [2.45, 2.75) is 0 Å². The second-order valence-corrected chi connectivity index (χ2v) is 5.79. The van der Waals surface area contributed by atoms with Crippen LogP contribution in [-0.2, 0) is 4.79 Å². The molecule has 0 aliphatic carbocycles. The van der Waals surface area contributed by atoms with E-state index in [1.807, 2.05) is 0 Å². The van der Waals surface area contributed by atoms with E-state index in [0.29, 0.717) is 33.9 Å². The summed E-state index contributed by atoms with van der Waals surface area (Å²) in [7, 11) is 0. The third-order valence-electron chi connectivity index (χ3n) is 4.07. The van der Waals surface area contributed by atoms with Gasteiger partial charge in [-0.05, 0) is 48.5 Å². The van der Waals surface area contributed by atoms with Crippen molar-refractivity contribution in [1.82, 2.24) is 0 Å². The molecule has 0 saturated heterocycles. The van der Waals surface area contributed by atoms with Crippen molar-refractivity contribution in [2.75, 3.05) is 5.32 Å². The maximum atomic E-state index is 13.5. The second-order valence-electron chi connectivity index (χ2n) is 5.79. The molecule has 2 N–H and O–H groups in total. The lowest BCUT2D eigenvalue weighted by Crippen LogP contribution is -2.03. The highest BCUT2D eigenvalue weighted by Gasteiger charge is 2.25. The molecule has 6 heteroatoms. The Labute approximate surface area is 147 Å². The van der Waals surface area contributed by atoms with Gasteiger partial charge in [0.1, 0.15) is 17.3 Å². The Kier molecular flexibility index (Phi) is 3.65. The fraction of sp³-hybridized carbons (Fsp3) is 0. The Balaban J connectivity index is 1.71. The van der Waals surface area contributed by atoms with Gasteiger partial charge in [-0.15, -0.1) is 0 Å². The number of fused-ring (bicyclic) bond motifs is 1. The molecule has 0 radical (unpaired) electrons. The summed E-state index contributed by atoms with van der Waals surface area (Å²) in [4.78, 5) is 23.2. The summed E-state index contributed by atoms with van der Waals surface area (Å²) >= 11 is 0. The van der Waals surface area contributed by atoms with Crippen molar-refractivity contribution in [1.29, 1.82) is 0 Å². The SMILES string of the molecule is O=C1Nc2ccc(F)cc2/C1=C\c1ccc(-c2cccc(C(=O)O)c2)o1. The van der Waals surface area contributed by atoms with Gasteiger partial charge in [0.05, 0.1) is 11.1 Å². The van der Waals surface area contributed by atoms with Crippen LogP contribution in [0.5, 0.6) is 0 Å². The van der Waals surface area contributed by atoms with Crippen LogP contribution in [0.25, 0.3) is 23.0 Å². The number of amides is 1. The fourth-order valence-electron chi connectivity index (χ4n) is 2.84. The van der Waals surface area contributed by atoms with Crippen molar-refractivity contribution in [3.63, 3.8) is 0 Å². The average molecular weight is 349 g/mol. The molecule has 2 heterocycles. The molecule has 4 rings (SSSR count). The Morgan fingerprint density at radius 1 is 1.12 bits per heavy atom. The first-order valence-electron chi connectivity index (χ1n) is 7.78. The van der Waals surface area contributed by atoms with E-state index in [2.05, 4.69) is 5.32 Å². The number of benzene rings is 2. The third-order valence-corrected chi connectivity index (χ3v) is 4.07. The number of hydrogen-bond donors (Lipinski definition) is 2. The van der Waals surface area contributed by atoms with Crippen LogP contribution in [0.1, 0.15) is 21.7 Å². The number of hydrogen-bond acceptors (Lipinski definition) is 3. The summed E-state index contributed by atoms with van der Waals surface area (Å²) in [6, 6.07) is 13.8. The Bertz CT molecular complexity index is 1080. The van der Waals surface area contributed by atoms with Crippen LogP contribution >= 0.6 is 0 Å². The third kappa shape index (κ3) is 2.77. The number of anilines is 1. The summed E-state index contributed by atoms with van der Waals surface area (Å²) in [5.74, 6) is -0.920. The summed E-state index contributed by atoms with van der Waals surface area (Å²) in [5.41, 5.74) is 2.08. The Hall–Kier alpha value is -3.67. The van der Waals surface area contributed by atoms with E-state index < -0.39 is 11.8 Å². The lowest BCUT2D eigenvalue weighted by Gasteiger charge is -1.99. The molecule has 1 aromatic heterocycles. The largest absolute Gasteiger partial charge is 0.478 e. The molecule has 26 heavy (non-hydrogen) atoms. The second kappa shape index (κ2) is 6.00. The molecular weight excluding hydrogens is 337 g/mol. The van der Waals surface area contributed by atoms with Gasteiger partial charge in [-0.3, -0.25) is 4.79 Å². The predicted octanol–water partition coefficient (Wildman–Crippen LogP) is 4.28. The van der Waals surface area contributed by atoms with Crippen LogP contribution < -0.4 is 5.32 Å². The first-order chi connectivity index (χ1) is 12.5. The highest BCUT2D eigenvalue weighted by Crippen LogP contribution is 2.34. The van der Waals surface area contributed by atoms with E-state index in [1.165, 1.54) is 36.4 Å². The summed E-state index contributed by atoms with van der Waals surface area (Å²) in [6.07, 6.45) is 1.53. The van der Waals surface area contributed by atoms with Gasteiger partial charge < -0.3 is 14.8 Å². The molecule has 128 valence electrons. The van der Waals surface area contributed by atoms with Crippen LogP contribution in [0, 0.1) is 5.82 Å². The minimum Gasteiger partial charge on any atom is -0.478 e. The fourth-order valence-corrected chi connectivity index (χ4v) is 2.84. The zero-order valence-electron chi connectivity index (χ0n) is 13.3. The van der Waals surface area contributed by atoms with Gasteiger partial charge in [0.2, 0.25) is 0 Å². The molecule has 5 nitrogen and oxygen atoms in total. The van der Waals surface area contributed by atoms with Gasteiger partial charge in [-0.2, -0.15) is 0 Å². The van der Waals surface area contributed by atoms with Crippen molar-refractivity contribution in [2.24, 2.45) is 0 Å². The van der Waals surface area contributed by atoms with Gasteiger partial charge in [-0.1, -0.05) is 12.1 Å². The first kappa shape index (κ1) is 15.8. The van der Waals surface area contributed by atoms with Crippen molar-refractivity contribution in [3.8, 4) is 11.3 Å². The molecule has 3 aromatic rings. The quantitative estimate of drug-likeness (QED) is 0.692. The van der Waals surface area contributed by atoms with Gasteiger partial charge in [-0.25, -0.2) is 9.18 Å². The van der Waals surface area contributed by atoms with Crippen LogP contribution in [0.15, 0.2) is 59.0 Å².